The summed E-state index contributed by atoms with van der Waals surface area (Å²) in [6, 6.07) is 6.94. The standard InChI is InChI=1S/C20H25N3O3/c1-6-23(7-2)19(25)16-11-17(20(26)22(5)12-16)21-18(24)15-9-13(3)8-14(4)10-15/h8-12H,6-7H2,1-5H3,(H,21,24). The van der Waals surface area contributed by atoms with E-state index in [-0.39, 0.29) is 23.1 Å². The molecule has 138 valence electrons. The number of carbonyl (C=O) groups is 2. The third-order valence-corrected chi connectivity index (χ3v) is 4.21. The van der Waals surface area contributed by atoms with Crippen LogP contribution in [0.15, 0.2) is 35.3 Å². The quantitative estimate of drug-likeness (QED) is 0.896. The summed E-state index contributed by atoms with van der Waals surface area (Å²) in [6.45, 7) is 8.75. The van der Waals surface area contributed by atoms with Crippen molar-refractivity contribution in [2.24, 2.45) is 7.05 Å². The molecular weight excluding hydrogens is 330 g/mol. The number of hydrogen-bond acceptors (Lipinski definition) is 3. The van der Waals surface area contributed by atoms with Crippen LogP contribution in [0.5, 0.6) is 0 Å². The topological polar surface area (TPSA) is 71.4 Å². The van der Waals surface area contributed by atoms with Crippen molar-refractivity contribution in [2.75, 3.05) is 18.4 Å². The van der Waals surface area contributed by atoms with Gasteiger partial charge in [0.1, 0.15) is 5.69 Å². The van der Waals surface area contributed by atoms with E-state index in [2.05, 4.69) is 5.32 Å². The molecule has 0 saturated carbocycles. The van der Waals surface area contributed by atoms with Crippen LogP contribution >= 0.6 is 0 Å². The number of amides is 2. The van der Waals surface area contributed by atoms with Crippen molar-refractivity contribution in [2.45, 2.75) is 27.7 Å². The van der Waals surface area contributed by atoms with Gasteiger partial charge in [-0.25, -0.2) is 0 Å². The van der Waals surface area contributed by atoms with Gasteiger partial charge in [0.2, 0.25) is 0 Å². The van der Waals surface area contributed by atoms with Gasteiger partial charge in [0.15, 0.2) is 0 Å². The van der Waals surface area contributed by atoms with Crippen molar-refractivity contribution in [1.82, 2.24) is 9.47 Å². The van der Waals surface area contributed by atoms with Crippen molar-refractivity contribution >= 4 is 17.5 Å². The summed E-state index contributed by atoms with van der Waals surface area (Å²) in [5.74, 6) is -0.547. The Bertz CT molecular complexity index is 875. The molecule has 0 fully saturated rings. The molecule has 6 heteroatoms. The van der Waals surface area contributed by atoms with Crippen molar-refractivity contribution in [1.29, 1.82) is 0 Å². The van der Waals surface area contributed by atoms with E-state index in [1.807, 2.05) is 33.8 Å². The van der Waals surface area contributed by atoms with Crippen LogP contribution in [-0.2, 0) is 7.05 Å². The minimum absolute atomic E-state index is 0.0923. The van der Waals surface area contributed by atoms with Gasteiger partial charge in [-0.1, -0.05) is 17.2 Å². The highest BCUT2D eigenvalue weighted by Crippen LogP contribution is 2.13. The molecule has 0 aliphatic carbocycles. The van der Waals surface area contributed by atoms with Crippen molar-refractivity contribution in [3.8, 4) is 0 Å². The maximum Gasteiger partial charge on any atom is 0.274 e. The lowest BCUT2D eigenvalue weighted by atomic mass is 10.1. The Morgan fingerprint density at radius 3 is 2.12 bits per heavy atom. The molecule has 1 aromatic heterocycles. The molecule has 1 aromatic carbocycles. The van der Waals surface area contributed by atoms with Gasteiger partial charge in [-0.05, 0) is 45.9 Å². The van der Waals surface area contributed by atoms with Gasteiger partial charge in [-0.2, -0.15) is 0 Å². The Kier molecular flexibility index (Phi) is 5.97. The van der Waals surface area contributed by atoms with Crippen molar-refractivity contribution in [3.05, 3.63) is 63.1 Å². The van der Waals surface area contributed by atoms with E-state index < -0.39 is 0 Å². The van der Waals surface area contributed by atoms with Crippen LogP contribution in [0.3, 0.4) is 0 Å². The Balaban J connectivity index is 2.38. The van der Waals surface area contributed by atoms with E-state index in [1.165, 1.54) is 16.8 Å². The zero-order chi connectivity index (χ0) is 19.4. The number of aryl methyl sites for hydroxylation is 3. The maximum atomic E-state index is 12.6. The summed E-state index contributed by atoms with van der Waals surface area (Å²) < 4.78 is 1.31. The first-order valence-electron chi connectivity index (χ1n) is 8.66. The minimum Gasteiger partial charge on any atom is -0.339 e. The minimum atomic E-state index is -0.374. The van der Waals surface area contributed by atoms with Crippen LogP contribution in [0.2, 0.25) is 0 Å². The van der Waals surface area contributed by atoms with E-state index >= 15 is 0 Å². The smallest absolute Gasteiger partial charge is 0.274 e. The molecule has 0 unspecified atom stereocenters. The number of rotatable bonds is 5. The SMILES string of the molecule is CCN(CC)C(=O)c1cc(NC(=O)c2cc(C)cc(C)c2)c(=O)n(C)c1. The summed E-state index contributed by atoms with van der Waals surface area (Å²) in [6.07, 6.45) is 1.50. The number of hydrogen-bond donors (Lipinski definition) is 1. The monoisotopic (exact) mass is 355 g/mol. The summed E-state index contributed by atoms with van der Waals surface area (Å²) in [5.41, 5.74) is 2.51. The van der Waals surface area contributed by atoms with E-state index in [1.54, 1.807) is 24.1 Å². The van der Waals surface area contributed by atoms with Gasteiger partial charge >= 0.3 is 0 Å². The molecule has 2 rings (SSSR count). The Labute approximate surface area is 153 Å². The lowest BCUT2D eigenvalue weighted by molar-refractivity contribution is 0.0771. The molecule has 1 heterocycles. The number of aromatic nitrogens is 1. The number of nitrogens with one attached hydrogen (secondary N) is 1. The van der Waals surface area contributed by atoms with Crippen molar-refractivity contribution < 1.29 is 9.59 Å². The molecule has 0 bridgehead atoms. The van der Waals surface area contributed by atoms with Crippen molar-refractivity contribution in [3.63, 3.8) is 0 Å². The van der Waals surface area contributed by atoms with Crippen LogP contribution in [0.1, 0.15) is 45.7 Å². The average molecular weight is 355 g/mol. The predicted molar refractivity (Wildman–Crippen MR) is 103 cm³/mol. The number of nitrogens with zero attached hydrogens (tertiary/aromatic N) is 2. The largest absolute Gasteiger partial charge is 0.339 e. The number of carbonyl (C=O) groups excluding carboxylic acids is 2. The number of benzene rings is 1. The van der Waals surface area contributed by atoms with E-state index in [4.69, 9.17) is 0 Å². The second-order valence-electron chi connectivity index (χ2n) is 6.37. The molecular formula is C20H25N3O3. The van der Waals surface area contributed by atoms with Crippen LogP contribution in [0.4, 0.5) is 5.69 Å². The van der Waals surface area contributed by atoms with Gasteiger partial charge in [-0.3, -0.25) is 14.4 Å². The van der Waals surface area contributed by atoms with Gasteiger partial charge in [0.05, 0.1) is 5.56 Å². The Morgan fingerprint density at radius 1 is 1.00 bits per heavy atom. The Morgan fingerprint density at radius 2 is 1.58 bits per heavy atom. The van der Waals surface area contributed by atoms with Crippen LogP contribution < -0.4 is 10.9 Å². The lowest BCUT2D eigenvalue weighted by Gasteiger charge is -2.19. The number of pyridine rings is 1. The van der Waals surface area contributed by atoms with E-state index in [0.717, 1.165) is 11.1 Å². The summed E-state index contributed by atoms with van der Waals surface area (Å²) in [7, 11) is 1.56. The summed E-state index contributed by atoms with van der Waals surface area (Å²) in [4.78, 5) is 39.2. The van der Waals surface area contributed by atoms with Gasteiger partial charge in [-0.15, -0.1) is 0 Å². The second kappa shape index (κ2) is 7.99. The maximum absolute atomic E-state index is 12.6. The third-order valence-electron chi connectivity index (χ3n) is 4.21. The highest BCUT2D eigenvalue weighted by atomic mass is 16.2. The highest BCUT2D eigenvalue weighted by molar-refractivity contribution is 6.05. The average Bonchev–Trinajstić information content (AvgIpc) is 2.58. The lowest BCUT2D eigenvalue weighted by Crippen LogP contribution is -2.32. The van der Waals surface area contributed by atoms with Gasteiger partial charge in [0, 0.05) is 31.9 Å². The fourth-order valence-electron chi connectivity index (χ4n) is 2.91. The summed E-state index contributed by atoms with van der Waals surface area (Å²) >= 11 is 0. The summed E-state index contributed by atoms with van der Waals surface area (Å²) in [5, 5.41) is 2.65. The first kappa shape index (κ1) is 19.4. The molecule has 26 heavy (non-hydrogen) atoms. The zero-order valence-electron chi connectivity index (χ0n) is 15.9. The third kappa shape index (κ3) is 4.20. The fourth-order valence-corrected chi connectivity index (χ4v) is 2.91. The molecule has 0 aliphatic rings. The molecule has 1 N–H and O–H groups in total. The van der Waals surface area contributed by atoms with Gasteiger partial charge < -0.3 is 14.8 Å². The molecule has 6 nitrogen and oxygen atoms in total. The molecule has 2 aromatic rings. The van der Waals surface area contributed by atoms with E-state index in [9.17, 15) is 14.4 Å². The van der Waals surface area contributed by atoms with Crippen LogP contribution in [0.25, 0.3) is 0 Å². The van der Waals surface area contributed by atoms with Crippen LogP contribution in [0, 0.1) is 13.8 Å². The Hall–Kier alpha value is -2.89. The highest BCUT2D eigenvalue weighted by Gasteiger charge is 2.17. The first-order chi connectivity index (χ1) is 12.3. The molecule has 0 aliphatic heterocycles. The zero-order valence-corrected chi connectivity index (χ0v) is 15.9. The first-order valence-corrected chi connectivity index (χ1v) is 8.66. The molecule has 0 radical (unpaired) electrons. The van der Waals surface area contributed by atoms with Crippen LogP contribution in [-0.4, -0.2) is 34.4 Å². The molecule has 0 atom stereocenters. The second-order valence-corrected chi connectivity index (χ2v) is 6.37. The van der Waals surface area contributed by atoms with E-state index in [0.29, 0.717) is 24.2 Å². The molecule has 2 amide bonds. The van der Waals surface area contributed by atoms with Gasteiger partial charge in [0.25, 0.3) is 17.4 Å². The molecule has 0 saturated heterocycles. The predicted octanol–water partition coefficient (Wildman–Crippen LogP) is 2.74. The molecule has 0 spiro atoms. The normalized spacial score (nSPS) is 10.5. The number of anilines is 1. The fraction of sp³-hybridized carbons (Fsp3) is 0.350.